The molecular formula is C28H26N2O6. The van der Waals surface area contributed by atoms with Gasteiger partial charge in [-0.05, 0) is 62.9 Å². The third kappa shape index (κ3) is 3.46. The molecule has 8 heteroatoms. The molecule has 6 rings (SSSR count). The summed E-state index contributed by atoms with van der Waals surface area (Å²) in [6.07, 6.45) is 5.97. The fraction of sp³-hybridized carbons (Fsp3) is 0.393. The number of nitrogens with zero attached hydrogens (tertiary/aromatic N) is 1. The van der Waals surface area contributed by atoms with Crippen LogP contribution in [0.1, 0.15) is 48.0 Å². The molecular weight excluding hydrogens is 460 g/mol. The largest absolute Gasteiger partial charge is 0.501 e. The van der Waals surface area contributed by atoms with Crippen molar-refractivity contribution >= 4 is 34.5 Å². The number of aromatic nitrogens is 1. The highest BCUT2D eigenvalue weighted by molar-refractivity contribution is 6.05. The Bertz CT molecular complexity index is 1670. The average Bonchev–Trinajstić information content (AvgIpc) is 3.49. The summed E-state index contributed by atoms with van der Waals surface area (Å²) in [5.74, 6) is 6.13. The van der Waals surface area contributed by atoms with E-state index in [1.165, 1.54) is 20.0 Å². The first-order valence-electron chi connectivity index (χ1n) is 12.3. The predicted molar refractivity (Wildman–Crippen MR) is 131 cm³/mol. The number of piperidine rings is 1. The summed E-state index contributed by atoms with van der Waals surface area (Å²) < 4.78 is 18.5. The van der Waals surface area contributed by atoms with Gasteiger partial charge in [0.2, 0.25) is 6.79 Å². The second-order valence-corrected chi connectivity index (χ2v) is 9.61. The van der Waals surface area contributed by atoms with Gasteiger partial charge in [0.1, 0.15) is 17.0 Å². The number of rotatable bonds is 5. The lowest BCUT2D eigenvalue weighted by molar-refractivity contribution is 0.0969. The van der Waals surface area contributed by atoms with Crippen LogP contribution in [0.3, 0.4) is 0 Å². The van der Waals surface area contributed by atoms with Crippen molar-refractivity contribution in [1.29, 1.82) is 0 Å². The molecule has 5 aliphatic rings. The predicted octanol–water partition coefficient (Wildman–Crippen LogP) is 1.45. The van der Waals surface area contributed by atoms with Gasteiger partial charge in [-0.15, -0.1) is 0 Å². The lowest BCUT2D eigenvalue weighted by Gasteiger charge is -2.23. The first-order valence-corrected chi connectivity index (χ1v) is 12.3. The molecule has 0 saturated carbocycles. The average molecular weight is 487 g/mol. The van der Waals surface area contributed by atoms with Crippen LogP contribution in [-0.4, -0.2) is 49.2 Å². The molecule has 36 heavy (non-hydrogen) atoms. The van der Waals surface area contributed by atoms with E-state index in [4.69, 9.17) is 14.2 Å². The highest BCUT2D eigenvalue weighted by Gasteiger charge is 2.28. The monoisotopic (exact) mass is 486 g/mol. The maximum Gasteiger partial charge on any atom is 0.231 e. The molecule has 0 bridgehead atoms. The van der Waals surface area contributed by atoms with E-state index in [0.717, 1.165) is 31.3 Å². The SMILES string of the molecule is COC1=Cc2c(c3c(=C=O)c4cc5c(cc4c=3n(CCCC3CCCNC3)c2=C=O)OCO5)C(=O)C1. The van der Waals surface area contributed by atoms with Gasteiger partial charge in [-0.1, -0.05) is 0 Å². The molecule has 1 N–H and O–H groups in total. The van der Waals surface area contributed by atoms with Crippen LogP contribution >= 0.6 is 0 Å². The molecule has 8 nitrogen and oxygen atoms in total. The summed E-state index contributed by atoms with van der Waals surface area (Å²) in [7, 11) is 1.50. The Morgan fingerprint density at radius 3 is 2.67 bits per heavy atom. The van der Waals surface area contributed by atoms with Gasteiger partial charge in [0.25, 0.3) is 0 Å². The summed E-state index contributed by atoms with van der Waals surface area (Å²) in [4.78, 5) is 38.2. The molecule has 2 aliphatic carbocycles. The van der Waals surface area contributed by atoms with Gasteiger partial charge in [0.05, 0.1) is 24.1 Å². The Hall–Kier alpha value is -3.83. The van der Waals surface area contributed by atoms with Crippen molar-refractivity contribution in [2.24, 2.45) is 5.92 Å². The normalized spacial score (nSPS) is 18.6. The molecule has 0 amide bonds. The number of hydrogen-bond donors (Lipinski definition) is 1. The molecule has 1 fully saturated rings. The minimum atomic E-state index is -0.210. The third-order valence-electron chi connectivity index (χ3n) is 7.61. The van der Waals surface area contributed by atoms with Gasteiger partial charge in [-0.3, -0.25) is 4.79 Å². The molecule has 0 spiro atoms. The number of methoxy groups -OCH3 is 1. The molecule has 0 radical (unpaired) electrons. The first kappa shape index (κ1) is 22.6. The zero-order valence-electron chi connectivity index (χ0n) is 20.1. The van der Waals surface area contributed by atoms with Crippen molar-refractivity contribution in [3.8, 4) is 11.5 Å². The summed E-state index contributed by atoms with van der Waals surface area (Å²) in [5, 5.41) is 6.53. The number of nitrogens with one attached hydrogen (secondary N) is 1. The summed E-state index contributed by atoms with van der Waals surface area (Å²) >= 11 is 0. The second-order valence-electron chi connectivity index (χ2n) is 9.61. The quantitative estimate of drug-likeness (QED) is 0.583. The zero-order chi connectivity index (χ0) is 24.8. The fourth-order valence-corrected chi connectivity index (χ4v) is 5.93. The van der Waals surface area contributed by atoms with Crippen molar-refractivity contribution in [1.82, 2.24) is 9.88 Å². The van der Waals surface area contributed by atoms with Gasteiger partial charge < -0.3 is 24.1 Å². The molecule has 184 valence electrons. The zero-order valence-corrected chi connectivity index (χ0v) is 20.1. The van der Waals surface area contributed by atoms with Crippen molar-refractivity contribution in [3.63, 3.8) is 0 Å². The smallest absolute Gasteiger partial charge is 0.231 e. The first-order chi connectivity index (χ1) is 17.6. The Balaban J connectivity index is 1.67. The molecule has 1 aromatic carbocycles. The van der Waals surface area contributed by atoms with Crippen LogP contribution in [0, 0.1) is 16.5 Å². The maximum atomic E-state index is 13.4. The Kier molecular flexibility index (Phi) is 5.65. The van der Waals surface area contributed by atoms with Crippen LogP contribution in [0.5, 0.6) is 11.5 Å². The fourth-order valence-electron chi connectivity index (χ4n) is 5.93. The van der Waals surface area contributed by atoms with Crippen LogP contribution in [0.2, 0.25) is 0 Å². The number of ether oxygens (including phenoxy) is 3. The Morgan fingerprint density at radius 2 is 1.97 bits per heavy atom. The van der Waals surface area contributed by atoms with Crippen molar-refractivity contribution in [2.75, 3.05) is 27.0 Å². The number of fused-ring (bicyclic) bond motifs is 5. The van der Waals surface area contributed by atoms with Gasteiger partial charge >= 0.3 is 0 Å². The number of carbonyl (C=O) groups excluding carboxylic acids is 3. The number of hydrogen-bond acceptors (Lipinski definition) is 7. The van der Waals surface area contributed by atoms with E-state index < -0.39 is 0 Å². The topological polar surface area (TPSA) is 95.9 Å². The molecule has 0 aromatic heterocycles. The highest BCUT2D eigenvalue weighted by atomic mass is 16.7. The van der Waals surface area contributed by atoms with Crippen LogP contribution in [0.15, 0.2) is 17.9 Å². The van der Waals surface area contributed by atoms with E-state index in [-0.39, 0.29) is 24.3 Å². The molecule has 1 atom stereocenters. The van der Waals surface area contributed by atoms with Crippen LogP contribution < -0.4 is 25.4 Å². The van der Waals surface area contributed by atoms with Gasteiger partial charge in [0, 0.05) is 33.7 Å². The lowest BCUT2D eigenvalue weighted by Crippen LogP contribution is -2.32. The summed E-state index contributed by atoms with van der Waals surface area (Å²) in [6, 6.07) is 3.59. The van der Waals surface area contributed by atoms with E-state index in [0.29, 0.717) is 62.0 Å². The lowest BCUT2D eigenvalue weighted by atomic mass is 9.92. The number of benzene rings is 1. The number of Topliss-reactive ketones (excluding diaryl/α,β-unsaturated/α-hetero) is 1. The Labute approximate surface area is 206 Å². The molecule has 3 heterocycles. The van der Waals surface area contributed by atoms with Crippen molar-refractivity contribution in [3.05, 3.63) is 50.2 Å². The van der Waals surface area contributed by atoms with Gasteiger partial charge in [-0.25, -0.2) is 9.59 Å². The number of carbonyl (C=O) groups is 1. The third-order valence-corrected chi connectivity index (χ3v) is 7.61. The second kappa shape index (κ2) is 8.99. The number of allylic oxidation sites excluding steroid dienone is 1. The van der Waals surface area contributed by atoms with E-state index >= 15 is 0 Å². The van der Waals surface area contributed by atoms with E-state index in [2.05, 4.69) is 17.2 Å². The summed E-state index contributed by atoms with van der Waals surface area (Å²) in [5.41, 5.74) is 0.783. The molecule has 1 unspecified atom stereocenters. The van der Waals surface area contributed by atoms with E-state index in [1.54, 1.807) is 12.1 Å². The molecule has 3 aliphatic heterocycles. The minimum absolute atomic E-state index is 0.0537. The van der Waals surface area contributed by atoms with Crippen LogP contribution in [-0.2, 0) is 20.9 Å². The van der Waals surface area contributed by atoms with E-state index in [1.807, 2.05) is 10.6 Å². The van der Waals surface area contributed by atoms with Crippen LogP contribution in [0.4, 0.5) is 0 Å². The van der Waals surface area contributed by atoms with Gasteiger partial charge in [-0.2, -0.15) is 0 Å². The maximum absolute atomic E-state index is 13.4. The van der Waals surface area contributed by atoms with Crippen LogP contribution in [0.25, 0.3) is 16.8 Å². The van der Waals surface area contributed by atoms with Gasteiger partial charge in [0.15, 0.2) is 23.2 Å². The summed E-state index contributed by atoms with van der Waals surface area (Å²) in [6.45, 7) is 2.70. The van der Waals surface area contributed by atoms with Crippen molar-refractivity contribution in [2.45, 2.75) is 38.6 Å². The van der Waals surface area contributed by atoms with Crippen molar-refractivity contribution < 1.29 is 28.6 Å². The Morgan fingerprint density at radius 1 is 1.17 bits per heavy atom. The molecule has 1 aromatic rings. The number of ketones is 1. The molecule has 1 saturated heterocycles. The van der Waals surface area contributed by atoms with E-state index in [9.17, 15) is 14.4 Å². The minimum Gasteiger partial charge on any atom is -0.501 e. The highest BCUT2D eigenvalue weighted by Crippen LogP contribution is 2.36. The standard InChI is InChI=1S/C28H26N2O6/c1-34-17-8-20-22(14-32)30(7-3-5-16-4-2-6-29-12-16)28-19-11-25-24(35-15-36-25)10-18(19)21(13-31)27(28)26(20)23(33)9-17/h8,10-11,16,29H,2-7,9,12,15H2,1H3.